The van der Waals surface area contributed by atoms with Gasteiger partial charge in [0.05, 0.1) is 6.04 Å². The number of nitrogens with two attached hydrogens (primary N) is 2. The molecule has 22 heavy (non-hydrogen) atoms. The van der Waals surface area contributed by atoms with E-state index < -0.39 is 23.9 Å². The Morgan fingerprint density at radius 2 is 1.86 bits per heavy atom. The summed E-state index contributed by atoms with van der Waals surface area (Å²) in [5, 5.41) is 5.11. The standard InChI is InChI=1S/C14H25N4O4/c1-10(15)14(22)18-11(13(16)21)6-7-12(20)17-8-4-2-3-5-9-19/h10-11H,2-8,15H2,1H3,(H2,16,21)(H,17,20)(H,18,22)/t10-,11+/m0/s1. The van der Waals surface area contributed by atoms with Crippen molar-refractivity contribution in [1.82, 2.24) is 10.6 Å². The van der Waals surface area contributed by atoms with Crippen LogP contribution in [0.4, 0.5) is 0 Å². The number of unbranched alkanes of at least 4 members (excludes halogenated alkanes) is 3. The second-order valence-corrected chi connectivity index (χ2v) is 5.10. The largest absolute Gasteiger partial charge is 0.368 e. The van der Waals surface area contributed by atoms with E-state index in [0.717, 1.165) is 19.3 Å². The van der Waals surface area contributed by atoms with Crippen LogP contribution in [0.3, 0.4) is 0 Å². The van der Waals surface area contributed by atoms with Gasteiger partial charge in [0.25, 0.3) is 0 Å². The summed E-state index contributed by atoms with van der Waals surface area (Å²) < 4.78 is 0. The first-order chi connectivity index (χ1) is 10.4. The van der Waals surface area contributed by atoms with Gasteiger partial charge in [-0.3, -0.25) is 19.2 Å². The van der Waals surface area contributed by atoms with Gasteiger partial charge in [-0.05, 0) is 26.2 Å². The molecule has 0 spiro atoms. The monoisotopic (exact) mass is 313 g/mol. The molecular weight excluding hydrogens is 288 g/mol. The lowest BCUT2D eigenvalue weighted by Crippen LogP contribution is -2.49. The molecule has 0 aromatic rings. The molecule has 0 aliphatic heterocycles. The molecule has 2 atom stereocenters. The van der Waals surface area contributed by atoms with Crippen LogP contribution in [-0.2, 0) is 19.2 Å². The predicted octanol–water partition coefficient (Wildman–Crippen LogP) is -1.13. The quantitative estimate of drug-likeness (QED) is 0.337. The summed E-state index contributed by atoms with van der Waals surface area (Å²) in [6.45, 7) is 1.99. The number of hydrogen-bond donors (Lipinski definition) is 4. The van der Waals surface area contributed by atoms with Gasteiger partial charge in [0.1, 0.15) is 6.04 Å². The molecule has 0 aromatic carbocycles. The molecule has 6 N–H and O–H groups in total. The van der Waals surface area contributed by atoms with Gasteiger partial charge in [0, 0.05) is 19.4 Å². The van der Waals surface area contributed by atoms with Crippen molar-refractivity contribution in [2.75, 3.05) is 6.54 Å². The second-order valence-electron chi connectivity index (χ2n) is 5.10. The highest BCUT2D eigenvalue weighted by Gasteiger charge is 2.20. The summed E-state index contributed by atoms with van der Waals surface area (Å²) in [5.74, 6) is -1.41. The summed E-state index contributed by atoms with van der Waals surface area (Å²) in [6, 6.07) is -1.66. The minimum atomic E-state index is -0.910. The van der Waals surface area contributed by atoms with E-state index in [0.29, 0.717) is 13.0 Å². The smallest absolute Gasteiger partial charge is 0.240 e. The molecule has 3 amide bonds. The Bertz CT molecular complexity index is 385. The van der Waals surface area contributed by atoms with Crippen LogP contribution in [0.1, 0.15) is 45.4 Å². The van der Waals surface area contributed by atoms with Crippen LogP contribution in [-0.4, -0.2) is 42.6 Å². The number of primary amides is 1. The molecule has 0 aromatic heterocycles. The second kappa shape index (κ2) is 11.7. The van der Waals surface area contributed by atoms with Crippen molar-refractivity contribution < 1.29 is 19.2 Å². The highest BCUT2D eigenvalue weighted by molar-refractivity contribution is 5.89. The molecular formula is C14H25N4O4. The maximum absolute atomic E-state index is 11.6. The summed E-state index contributed by atoms with van der Waals surface area (Å²) in [6.07, 6.45) is 4.79. The number of carbonyl (C=O) groups excluding carboxylic acids is 4. The van der Waals surface area contributed by atoms with Gasteiger partial charge in [-0.2, -0.15) is 0 Å². The fourth-order valence-electron chi connectivity index (χ4n) is 1.68. The lowest BCUT2D eigenvalue weighted by atomic mass is 10.1. The molecule has 0 saturated carbocycles. The van der Waals surface area contributed by atoms with Crippen molar-refractivity contribution >= 4 is 24.0 Å². The Morgan fingerprint density at radius 1 is 1.18 bits per heavy atom. The first-order valence-corrected chi connectivity index (χ1v) is 7.35. The maximum atomic E-state index is 11.6. The zero-order valence-corrected chi connectivity index (χ0v) is 12.9. The Labute approximate surface area is 130 Å². The van der Waals surface area contributed by atoms with E-state index >= 15 is 0 Å². The molecule has 0 saturated heterocycles. The van der Waals surface area contributed by atoms with E-state index in [-0.39, 0.29) is 18.7 Å². The molecule has 8 heteroatoms. The van der Waals surface area contributed by atoms with E-state index in [1.165, 1.54) is 6.92 Å². The van der Waals surface area contributed by atoms with Crippen LogP contribution >= 0.6 is 0 Å². The first kappa shape index (κ1) is 20.0. The minimum Gasteiger partial charge on any atom is -0.368 e. The van der Waals surface area contributed by atoms with Gasteiger partial charge in [-0.15, -0.1) is 0 Å². The van der Waals surface area contributed by atoms with E-state index in [4.69, 9.17) is 11.5 Å². The average Bonchev–Trinajstić information content (AvgIpc) is 2.46. The van der Waals surface area contributed by atoms with Gasteiger partial charge in [0.2, 0.25) is 17.7 Å². The number of hydrogen-bond acceptors (Lipinski definition) is 5. The SMILES string of the molecule is C[C@H](N)C(=O)N[C@H](CCC(=O)NCCCCC[C]=O)C(N)=O. The fourth-order valence-corrected chi connectivity index (χ4v) is 1.68. The first-order valence-electron chi connectivity index (χ1n) is 7.35. The Kier molecular flexibility index (Phi) is 10.6. The van der Waals surface area contributed by atoms with E-state index in [1.807, 2.05) is 6.29 Å². The minimum absolute atomic E-state index is 0.0783. The van der Waals surface area contributed by atoms with E-state index in [1.54, 1.807) is 0 Å². The third kappa shape index (κ3) is 9.87. The third-order valence-electron chi connectivity index (χ3n) is 3.01. The molecule has 0 aliphatic carbocycles. The Balaban J connectivity index is 3.95. The third-order valence-corrected chi connectivity index (χ3v) is 3.01. The van der Waals surface area contributed by atoms with E-state index in [9.17, 15) is 19.2 Å². The molecule has 0 aliphatic rings. The zero-order valence-electron chi connectivity index (χ0n) is 12.9. The molecule has 1 radical (unpaired) electrons. The summed E-state index contributed by atoms with van der Waals surface area (Å²) in [7, 11) is 0. The predicted molar refractivity (Wildman–Crippen MR) is 81.2 cm³/mol. The van der Waals surface area contributed by atoms with E-state index in [2.05, 4.69) is 10.6 Å². The number of carbonyl (C=O) groups is 3. The van der Waals surface area contributed by atoms with Crippen molar-refractivity contribution in [1.29, 1.82) is 0 Å². The molecule has 125 valence electrons. The molecule has 0 bridgehead atoms. The topological polar surface area (TPSA) is 144 Å². The molecule has 0 heterocycles. The van der Waals surface area contributed by atoms with Crippen LogP contribution < -0.4 is 22.1 Å². The average molecular weight is 313 g/mol. The van der Waals surface area contributed by atoms with Gasteiger partial charge < -0.3 is 22.1 Å². The van der Waals surface area contributed by atoms with Crippen molar-refractivity contribution in [2.45, 2.75) is 57.5 Å². The Hall–Kier alpha value is -1.96. The molecule has 0 fully saturated rings. The molecule has 0 unspecified atom stereocenters. The van der Waals surface area contributed by atoms with Gasteiger partial charge >= 0.3 is 0 Å². The van der Waals surface area contributed by atoms with Crippen LogP contribution in [0.2, 0.25) is 0 Å². The molecule has 0 rings (SSSR count). The highest BCUT2D eigenvalue weighted by Crippen LogP contribution is 1.99. The number of amides is 3. The highest BCUT2D eigenvalue weighted by atomic mass is 16.2. The van der Waals surface area contributed by atoms with Crippen molar-refractivity contribution in [3.63, 3.8) is 0 Å². The summed E-state index contributed by atoms with van der Waals surface area (Å²) >= 11 is 0. The lowest BCUT2D eigenvalue weighted by molar-refractivity contribution is -0.128. The summed E-state index contributed by atoms with van der Waals surface area (Å²) in [5.41, 5.74) is 10.6. The number of nitrogens with one attached hydrogen (secondary N) is 2. The van der Waals surface area contributed by atoms with Crippen LogP contribution in [0, 0.1) is 0 Å². The van der Waals surface area contributed by atoms with Gasteiger partial charge in [-0.1, -0.05) is 6.42 Å². The van der Waals surface area contributed by atoms with Crippen LogP contribution in [0.25, 0.3) is 0 Å². The number of rotatable bonds is 12. The van der Waals surface area contributed by atoms with Crippen LogP contribution in [0.5, 0.6) is 0 Å². The van der Waals surface area contributed by atoms with Crippen molar-refractivity contribution in [2.24, 2.45) is 11.5 Å². The molecule has 8 nitrogen and oxygen atoms in total. The fraction of sp³-hybridized carbons (Fsp3) is 0.714. The Morgan fingerprint density at radius 3 is 2.41 bits per heavy atom. The normalized spacial score (nSPS) is 13.0. The lowest BCUT2D eigenvalue weighted by Gasteiger charge is -2.16. The zero-order chi connectivity index (χ0) is 17.0. The van der Waals surface area contributed by atoms with Gasteiger partial charge in [-0.25, -0.2) is 0 Å². The van der Waals surface area contributed by atoms with Gasteiger partial charge in [0.15, 0.2) is 6.29 Å². The van der Waals surface area contributed by atoms with Crippen molar-refractivity contribution in [3.8, 4) is 0 Å². The van der Waals surface area contributed by atoms with Crippen LogP contribution in [0.15, 0.2) is 0 Å². The van der Waals surface area contributed by atoms with Crippen molar-refractivity contribution in [3.05, 3.63) is 0 Å². The maximum Gasteiger partial charge on any atom is 0.240 e. The summed E-state index contributed by atoms with van der Waals surface area (Å²) in [4.78, 5) is 44.3.